The molecule has 2 rings (SSSR count). The second kappa shape index (κ2) is 5.24. The molecular formula is C9H10ClN5OS. The minimum Gasteiger partial charge on any atom is -0.339 e. The number of thiophene rings is 1. The summed E-state index contributed by atoms with van der Waals surface area (Å²) in [6.45, 7) is 0.682. The van der Waals surface area contributed by atoms with Crippen molar-refractivity contribution in [3.63, 3.8) is 0 Å². The fraction of sp³-hybridized carbons (Fsp3) is 0.333. The highest BCUT2D eigenvalue weighted by atomic mass is 35.5. The Hall–Kier alpha value is -1.47. The molecule has 0 fully saturated rings. The summed E-state index contributed by atoms with van der Waals surface area (Å²) < 4.78 is 2.11. The molecule has 0 spiro atoms. The summed E-state index contributed by atoms with van der Waals surface area (Å²) in [5.74, 6) is -0.0539. The molecule has 0 aliphatic carbocycles. The van der Waals surface area contributed by atoms with Gasteiger partial charge in [-0.15, -0.1) is 16.4 Å². The van der Waals surface area contributed by atoms with Crippen molar-refractivity contribution in [1.29, 1.82) is 0 Å². The Morgan fingerprint density at radius 2 is 2.41 bits per heavy atom. The van der Waals surface area contributed by atoms with E-state index in [1.54, 1.807) is 11.9 Å². The van der Waals surface area contributed by atoms with Crippen molar-refractivity contribution in [2.45, 2.75) is 13.1 Å². The third-order valence-electron chi connectivity index (χ3n) is 2.14. The van der Waals surface area contributed by atoms with Gasteiger partial charge < -0.3 is 4.90 Å². The zero-order chi connectivity index (χ0) is 12.3. The van der Waals surface area contributed by atoms with Crippen LogP contribution in [0.1, 0.15) is 4.88 Å². The highest BCUT2D eigenvalue weighted by Gasteiger charge is 2.11. The van der Waals surface area contributed by atoms with Crippen LogP contribution < -0.4 is 0 Å². The molecule has 0 unspecified atom stereocenters. The number of tetrazole rings is 1. The quantitative estimate of drug-likeness (QED) is 0.834. The highest BCUT2D eigenvalue weighted by molar-refractivity contribution is 7.16. The first-order valence-corrected chi connectivity index (χ1v) is 6.03. The average molecular weight is 272 g/mol. The first-order chi connectivity index (χ1) is 8.15. The predicted octanol–water partition coefficient (Wildman–Crippen LogP) is 1.05. The maximum Gasteiger partial charge on any atom is 0.244 e. The lowest BCUT2D eigenvalue weighted by molar-refractivity contribution is -0.131. The molecule has 0 saturated heterocycles. The molecule has 0 aliphatic heterocycles. The molecule has 17 heavy (non-hydrogen) atoms. The van der Waals surface area contributed by atoms with Crippen molar-refractivity contribution in [2.75, 3.05) is 7.05 Å². The molecule has 0 N–H and O–H groups in total. The van der Waals surface area contributed by atoms with Gasteiger partial charge in [0.15, 0.2) is 0 Å². The second-order valence-electron chi connectivity index (χ2n) is 3.46. The fourth-order valence-electron chi connectivity index (χ4n) is 1.27. The lowest BCUT2D eigenvalue weighted by Gasteiger charge is -2.15. The highest BCUT2D eigenvalue weighted by Crippen LogP contribution is 2.22. The van der Waals surface area contributed by atoms with E-state index in [0.717, 1.165) is 9.21 Å². The van der Waals surface area contributed by atoms with E-state index in [4.69, 9.17) is 11.6 Å². The van der Waals surface area contributed by atoms with Crippen LogP contribution in [-0.4, -0.2) is 38.1 Å². The molecule has 2 aromatic rings. The minimum absolute atomic E-state index is 0.0539. The van der Waals surface area contributed by atoms with Gasteiger partial charge in [-0.2, -0.15) is 0 Å². The molecule has 0 bridgehead atoms. The number of hydrogen-bond donors (Lipinski definition) is 0. The van der Waals surface area contributed by atoms with Crippen molar-refractivity contribution in [3.05, 3.63) is 27.7 Å². The van der Waals surface area contributed by atoms with Gasteiger partial charge in [0.25, 0.3) is 0 Å². The van der Waals surface area contributed by atoms with Crippen LogP contribution in [0.3, 0.4) is 0 Å². The first-order valence-electron chi connectivity index (χ1n) is 4.84. The number of carbonyl (C=O) groups excluding carboxylic acids is 1. The molecule has 90 valence electrons. The predicted molar refractivity (Wildman–Crippen MR) is 63.6 cm³/mol. The summed E-state index contributed by atoms with van der Waals surface area (Å²) in [4.78, 5) is 14.5. The molecule has 1 amide bonds. The third kappa shape index (κ3) is 3.24. The van der Waals surface area contributed by atoms with Gasteiger partial charge in [-0.3, -0.25) is 4.79 Å². The van der Waals surface area contributed by atoms with E-state index >= 15 is 0 Å². The summed E-state index contributed by atoms with van der Waals surface area (Å²) >= 11 is 7.29. The van der Waals surface area contributed by atoms with Crippen LogP contribution in [0.25, 0.3) is 0 Å². The summed E-state index contributed by atoms with van der Waals surface area (Å²) in [5.41, 5.74) is 0. The van der Waals surface area contributed by atoms with Crippen LogP contribution in [0.2, 0.25) is 4.34 Å². The smallest absolute Gasteiger partial charge is 0.244 e. The number of hydrogen-bond acceptors (Lipinski definition) is 5. The van der Waals surface area contributed by atoms with Gasteiger partial charge in [0.05, 0.1) is 10.9 Å². The molecule has 0 aliphatic rings. The molecular weight excluding hydrogens is 262 g/mol. The van der Waals surface area contributed by atoms with Crippen molar-refractivity contribution in [3.8, 4) is 0 Å². The lowest BCUT2D eigenvalue weighted by atomic mass is 10.4. The van der Waals surface area contributed by atoms with E-state index in [1.807, 2.05) is 12.1 Å². The molecule has 0 atom stereocenters. The minimum atomic E-state index is -0.0539. The number of amides is 1. The molecule has 2 aromatic heterocycles. The number of nitrogens with zero attached hydrogens (tertiary/aromatic N) is 5. The van der Waals surface area contributed by atoms with Crippen LogP contribution in [0, 0.1) is 0 Å². The normalized spacial score (nSPS) is 10.5. The number of likely N-dealkylation sites (N-methyl/N-ethyl adjacent to an activating group) is 1. The Labute approximate surface area is 107 Å². The van der Waals surface area contributed by atoms with Crippen molar-refractivity contribution in [1.82, 2.24) is 25.1 Å². The van der Waals surface area contributed by atoms with Crippen LogP contribution in [-0.2, 0) is 17.9 Å². The number of aromatic nitrogens is 4. The summed E-state index contributed by atoms with van der Waals surface area (Å²) in [6, 6.07) is 3.73. The number of carbonyl (C=O) groups is 1. The molecule has 0 radical (unpaired) electrons. The van der Waals surface area contributed by atoms with Gasteiger partial charge in [-0.05, 0) is 22.6 Å². The van der Waals surface area contributed by atoms with Crippen LogP contribution >= 0.6 is 22.9 Å². The second-order valence-corrected chi connectivity index (χ2v) is 5.26. The Morgan fingerprint density at radius 3 is 3.00 bits per heavy atom. The van der Waals surface area contributed by atoms with Gasteiger partial charge in [0.1, 0.15) is 12.9 Å². The molecule has 0 saturated carbocycles. The van der Waals surface area contributed by atoms with Gasteiger partial charge in [0, 0.05) is 11.9 Å². The zero-order valence-electron chi connectivity index (χ0n) is 9.08. The van der Waals surface area contributed by atoms with Crippen LogP contribution in [0.15, 0.2) is 18.5 Å². The van der Waals surface area contributed by atoms with E-state index in [9.17, 15) is 4.79 Å². The average Bonchev–Trinajstić information content (AvgIpc) is 2.90. The Bertz CT molecular complexity index is 497. The van der Waals surface area contributed by atoms with E-state index in [1.165, 1.54) is 22.3 Å². The van der Waals surface area contributed by atoms with E-state index in [-0.39, 0.29) is 12.5 Å². The van der Waals surface area contributed by atoms with Crippen molar-refractivity contribution >= 4 is 28.8 Å². The summed E-state index contributed by atoms with van der Waals surface area (Å²) in [5, 5.41) is 10.6. The Kier molecular flexibility index (Phi) is 3.70. The molecule has 2 heterocycles. The van der Waals surface area contributed by atoms with Crippen molar-refractivity contribution in [2.24, 2.45) is 0 Å². The largest absolute Gasteiger partial charge is 0.339 e. The van der Waals surface area contributed by atoms with E-state index in [0.29, 0.717) is 6.54 Å². The lowest BCUT2D eigenvalue weighted by Crippen LogP contribution is -2.29. The Balaban J connectivity index is 1.91. The summed E-state index contributed by atoms with van der Waals surface area (Å²) in [7, 11) is 1.74. The van der Waals surface area contributed by atoms with E-state index < -0.39 is 0 Å². The van der Waals surface area contributed by atoms with Crippen molar-refractivity contribution < 1.29 is 4.79 Å². The molecule has 6 nitrogen and oxygen atoms in total. The number of halogens is 1. The van der Waals surface area contributed by atoms with Gasteiger partial charge in [0.2, 0.25) is 5.91 Å². The monoisotopic (exact) mass is 271 g/mol. The topological polar surface area (TPSA) is 63.9 Å². The van der Waals surface area contributed by atoms with Gasteiger partial charge in [-0.1, -0.05) is 11.6 Å². The summed E-state index contributed by atoms with van der Waals surface area (Å²) in [6.07, 6.45) is 1.41. The molecule has 0 aromatic carbocycles. The zero-order valence-corrected chi connectivity index (χ0v) is 10.6. The van der Waals surface area contributed by atoms with Crippen LogP contribution in [0.5, 0.6) is 0 Å². The maximum atomic E-state index is 11.8. The Morgan fingerprint density at radius 1 is 1.59 bits per heavy atom. The molecule has 8 heteroatoms. The standard InChI is InChI=1S/C9H10ClN5OS/c1-14(4-7-2-3-8(10)17-7)9(16)5-15-6-11-12-13-15/h2-3,6H,4-5H2,1H3. The van der Waals surface area contributed by atoms with Gasteiger partial charge in [-0.25, -0.2) is 4.68 Å². The SMILES string of the molecule is CN(Cc1ccc(Cl)s1)C(=O)Cn1cnnn1. The fourth-order valence-corrected chi connectivity index (χ4v) is 2.41. The first kappa shape index (κ1) is 12.0. The number of rotatable bonds is 4. The maximum absolute atomic E-state index is 11.8. The van der Waals surface area contributed by atoms with Gasteiger partial charge >= 0.3 is 0 Å². The van der Waals surface area contributed by atoms with E-state index in [2.05, 4.69) is 15.5 Å². The van der Waals surface area contributed by atoms with Crippen LogP contribution in [0.4, 0.5) is 0 Å². The third-order valence-corrected chi connectivity index (χ3v) is 3.35.